The number of aromatic nitrogens is 6. The second kappa shape index (κ2) is 5.47. The van der Waals surface area contributed by atoms with Crippen molar-refractivity contribution in [2.45, 2.75) is 12.8 Å². The Morgan fingerprint density at radius 1 is 1.30 bits per heavy atom. The van der Waals surface area contributed by atoms with Crippen molar-refractivity contribution in [3.05, 3.63) is 34.9 Å². The van der Waals surface area contributed by atoms with Crippen LogP contribution in [0.2, 0.25) is 0 Å². The fourth-order valence-corrected chi connectivity index (χ4v) is 2.90. The zero-order chi connectivity index (χ0) is 15.8. The minimum Gasteiger partial charge on any atom is -0.338 e. The molecule has 0 N–H and O–H groups in total. The first-order valence-electron chi connectivity index (χ1n) is 6.91. The lowest BCUT2D eigenvalue weighted by atomic mass is 10.00. The van der Waals surface area contributed by atoms with E-state index in [0.29, 0.717) is 41.2 Å². The first kappa shape index (κ1) is 13.9. The van der Waals surface area contributed by atoms with Crippen molar-refractivity contribution in [1.29, 1.82) is 0 Å². The molecule has 116 valence electrons. The Kier molecular flexibility index (Phi) is 3.30. The van der Waals surface area contributed by atoms with Crippen molar-refractivity contribution >= 4 is 17.4 Å². The molecule has 4 rings (SSSR count). The fourth-order valence-electron chi connectivity index (χ4n) is 2.28. The molecule has 4 heterocycles. The van der Waals surface area contributed by atoms with Crippen LogP contribution in [0.5, 0.6) is 0 Å². The molecule has 0 aliphatic carbocycles. The van der Waals surface area contributed by atoms with Gasteiger partial charge in [0.1, 0.15) is 4.88 Å². The van der Waals surface area contributed by atoms with Crippen LogP contribution in [0.1, 0.15) is 27.2 Å². The summed E-state index contributed by atoms with van der Waals surface area (Å²) in [5, 5.41) is 7.75. The molecule has 0 saturated carbocycles. The van der Waals surface area contributed by atoms with E-state index in [4.69, 9.17) is 4.52 Å². The predicted molar refractivity (Wildman–Crippen MR) is 78.6 cm³/mol. The van der Waals surface area contributed by atoms with Crippen molar-refractivity contribution in [2.75, 3.05) is 13.1 Å². The van der Waals surface area contributed by atoms with Crippen LogP contribution in [-0.2, 0) is 0 Å². The third-order valence-corrected chi connectivity index (χ3v) is 4.39. The Hall–Kier alpha value is -2.75. The van der Waals surface area contributed by atoms with Gasteiger partial charge in [0.25, 0.3) is 5.91 Å². The van der Waals surface area contributed by atoms with E-state index >= 15 is 0 Å². The summed E-state index contributed by atoms with van der Waals surface area (Å²) in [6.07, 6.45) is 3.24. The van der Waals surface area contributed by atoms with Gasteiger partial charge in [-0.3, -0.25) is 4.79 Å². The van der Waals surface area contributed by atoms with Gasteiger partial charge < -0.3 is 9.42 Å². The summed E-state index contributed by atoms with van der Waals surface area (Å²) in [6.45, 7) is 2.85. The maximum atomic E-state index is 12.3. The lowest BCUT2D eigenvalue weighted by molar-refractivity contribution is 0.0573. The number of carbonyl (C=O) groups is 1. The number of amides is 1. The highest BCUT2D eigenvalue weighted by molar-refractivity contribution is 7.07. The number of likely N-dealkylation sites (tertiary alicyclic amines) is 1. The molecular weight excluding hydrogens is 318 g/mol. The fraction of sp³-hybridized carbons (Fsp3) is 0.308. The lowest BCUT2D eigenvalue weighted by Crippen LogP contribution is -2.48. The zero-order valence-corrected chi connectivity index (χ0v) is 12.9. The largest absolute Gasteiger partial charge is 0.338 e. The van der Waals surface area contributed by atoms with Gasteiger partial charge >= 0.3 is 0 Å². The molecule has 9 nitrogen and oxygen atoms in total. The second-order valence-corrected chi connectivity index (χ2v) is 5.88. The first-order chi connectivity index (χ1) is 11.2. The van der Waals surface area contributed by atoms with Crippen molar-refractivity contribution in [3.8, 4) is 11.6 Å². The van der Waals surface area contributed by atoms with Gasteiger partial charge in [-0.2, -0.15) is 4.98 Å². The molecule has 0 unspecified atom stereocenters. The number of hydrogen-bond donors (Lipinski definition) is 0. The maximum Gasteiger partial charge on any atom is 0.267 e. The van der Waals surface area contributed by atoms with E-state index in [0.717, 1.165) is 11.5 Å². The third kappa shape index (κ3) is 2.46. The summed E-state index contributed by atoms with van der Waals surface area (Å²) in [4.78, 5) is 27.0. The van der Waals surface area contributed by atoms with Gasteiger partial charge in [-0.1, -0.05) is 9.64 Å². The molecule has 1 fully saturated rings. The molecule has 23 heavy (non-hydrogen) atoms. The van der Waals surface area contributed by atoms with Crippen LogP contribution < -0.4 is 0 Å². The molecule has 0 atom stereocenters. The Balaban J connectivity index is 1.44. The minimum absolute atomic E-state index is 0.0325. The van der Waals surface area contributed by atoms with Crippen LogP contribution in [0.3, 0.4) is 0 Å². The smallest absolute Gasteiger partial charge is 0.267 e. The SMILES string of the molecule is Cc1nnsc1C(=O)N1CC(c2nc(-c3ncccn3)no2)C1. The quantitative estimate of drug-likeness (QED) is 0.697. The molecule has 3 aromatic heterocycles. The van der Waals surface area contributed by atoms with Gasteiger partial charge in [0.05, 0.1) is 11.6 Å². The average Bonchev–Trinajstić information content (AvgIpc) is 3.16. The highest BCUT2D eigenvalue weighted by atomic mass is 32.1. The number of rotatable bonds is 3. The monoisotopic (exact) mass is 329 g/mol. The summed E-state index contributed by atoms with van der Waals surface area (Å²) < 4.78 is 9.05. The minimum atomic E-state index is -0.0557. The van der Waals surface area contributed by atoms with Crippen molar-refractivity contribution in [2.24, 2.45) is 0 Å². The van der Waals surface area contributed by atoms with Gasteiger partial charge in [-0.25, -0.2) is 9.97 Å². The molecule has 0 radical (unpaired) electrons. The van der Waals surface area contributed by atoms with E-state index in [1.807, 2.05) is 0 Å². The first-order valence-corrected chi connectivity index (χ1v) is 7.69. The topological polar surface area (TPSA) is 111 Å². The highest BCUT2D eigenvalue weighted by Crippen LogP contribution is 2.29. The van der Waals surface area contributed by atoms with Gasteiger partial charge in [0, 0.05) is 25.5 Å². The summed E-state index contributed by atoms with van der Waals surface area (Å²) in [6, 6.07) is 1.72. The number of nitrogens with zero attached hydrogens (tertiary/aromatic N) is 7. The zero-order valence-electron chi connectivity index (χ0n) is 12.1. The van der Waals surface area contributed by atoms with Crippen molar-refractivity contribution in [1.82, 2.24) is 34.6 Å². The normalized spacial score (nSPS) is 14.7. The van der Waals surface area contributed by atoms with E-state index < -0.39 is 0 Å². The standard InChI is InChI=1S/C13H11N7O2S/c1-7-9(23-19-17-7)13(21)20-5-8(6-20)12-16-11(18-22-12)10-14-3-2-4-15-10/h2-4,8H,5-6H2,1H3. The Labute approximate surface area is 134 Å². The number of carbonyl (C=O) groups excluding carboxylic acids is 1. The van der Waals surface area contributed by atoms with E-state index in [-0.39, 0.29) is 11.8 Å². The average molecular weight is 329 g/mol. The summed E-state index contributed by atoms with van der Waals surface area (Å²) in [5.74, 6) is 1.25. The molecule has 1 aliphatic heterocycles. The Bertz CT molecular complexity index is 841. The second-order valence-electron chi connectivity index (χ2n) is 5.12. The summed E-state index contributed by atoms with van der Waals surface area (Å²) in [7, 11) is 0. The molecule has 0 spiro atoms. The van der Waals surface area contributed by atoms with E-state index in [9.17, 15) is 4.79 Å². The van der Waals surface area contributed by atoms with E-state index in [1.54, 1.807) is 30.3 Å². The van der Waals surface area contributed by atoms with Crippen LogP contribution in [0.15, 0.2) is 23.0 Å². The van der Waals surface area contributed by atoms with Crippen LogP contribution >= 0.6 is 11.5 Å². The number of aryl methyl sites for hydroxylation is 1. The van der Waals surface area contributed by atoms with Crippen LogP contribution in [0, 0.1) is 6.92 Å². The van der Waals surface area contributed by atoms with Crippen molar-refractivity contribution in [3.63, 3.8) is 0 Å². The Morgan fingerprint density at radius 3 is 2.78 bits per heavy atom. The van der Waals surface area contributed by atoms with Crippen LogP contribution in [-0.4, -0.2) is 53.6 Å². The molecule has 0 aromatic carbocycles. The van der Waals surface area contributed by atoms with Crippen molar-refractivity contribution < 1.29 is 9.32 Å². The van der Waals surface area contributed by atoms with Crippen LogP contribution in [0.4, 0.5) is 0 Å². The molecule has 10 heteroatoms. The van der Waals surface area contributed by atoms with E-state index in [1.165, 1.54) is 0 Å². The molecule has 1 aliphatic rings. The molecular formula is C13H11N7O2S. The van der Waals surface area contributed by atoms with Gasteiger partial charge in [-0.15, -0.1) is 5.10 Å². The molecule has 1 saturated heterocycles. The lowest BCUT2D eigenvalue weighted by Gasteiger charge is -2.36. The summed E-state index contributed by atoms with van der Waals surface area (Å²) >= 11 is 1.11. The van der Waals surface area contributed by atoms with Crippen LogP contribution in [0.25, 0.3) is 11.6 Å². The van der Waals surface area contributed by atoms with E-state index in [2.05, 4.69) is 29.7 Å². The molecule has 1 amide bonds. The number of hydrogen-bond acceptors (Lipinski definition) is 9. The highest BCUT2D eigenvalue weighted by Gasteiger charge is 2.37. The molecule has 0 bridgehead atoms. The summed E-state index contributed by atoms with van der Waals surface area (Å²) in [5.41, 5.74) is 0.657. The van der Waals surface area contributed by atoms with Gasteiger partial charge in [-0.05, 0) is 24.5 Å². The maximum absolute atomic E-state index is 12.3. The predicted octanol–water partition coefficient (Wildman–Crippen LogP) is 0.926. The van der Waals surface area contributed by atoms with Gasteiger partial charge in [0.15, 0.2) is 0 Å². The Morgan fingerprint density at radius 2 is 2.09 bits per heavy atom. The third-order valence-electron chi connectivity index (χ3n) is 3.57. The molecule has 3 aromatic rings. The van der Waals surface area contributed by atoms with Gasteiger partial charge in [0.2, 0.25) is 17.5 Å².